The van der Waals surface area contributed by atoms with Gasteiger partial charge in [0.1, 0.15) is 0 Å². The fourth-order valence-electron chi connectivity index (χ4n) is 2.57. The van der Waals surface area contributed by atoms with Gasteiger partial charge < -0.3 is 20.1 Å². The van der Waals surface area contributed by atoms with Crippen molar-refractivity contribution >= 4 is 21.8 Å². The highest BCUT2D eigenvalue weighted by atomic mass is 79.9. The van der Waals surface area contributed by atoms with Crippen LogP contribution >= 0.6 is 15.9 Å². The van der Waals surface area contributed by atoms with E-state index in [1.165, 1.54) is 0 Å². The Morgan fingerprint density at radius 1 is 1.50 bits per heavy atom. The number of hydrogen-bond acceptors (Lipinski definition) is 4. The van der Waals surface area contributed by atoms with Crippen molar-refractivity contribution in [3.63, 3.8) is 0 Å². The number of nitrogens with one attached hydrogen (secondary N) is 2. The first kappa shape index (κ1) is 17.1. The number of methoxy groups -OCH3 is 1. The molecule has 1 aromatic carbocycles. The molecule has 1 aromatic rings. The molecule has 6 heteroatoms. The second-order valence-corrected chi connectivity index (χ2v) is 6.33. The van der Waals surface area contributed by atoms with Crippen LogP contribution in [0.4, 0.5) is 0 Å². The van der Waals surface area contributed by atoms with E-state index >= 15 is 0 Å². The number of carbonyl (C=O) groups excluding carboxylic acids is 1. The van der Waals surface area contributed by atoms with Gasteiger partial charge in [-0.05, 0) is 53.9 Å². The predicted octanol–water partition coefficient (Wildman–Crippen LogP) is 2.58. The molecule has 0 saturated carbocycles. The molecule has 5 nitrogen and oxygen atoms in total. The SMILES string of the molecule is CCOc1c(Br)cc(C(=O)NC2CNCCC2C)cc1OC. The average molecular weight is 371 g/mol. The summed E-state index contributed by atoms with van der Waals surface area (Å²) in [6, 6.07) is 3.63. The van der Waals surface area contributed by atoms with E-state index in [4.69, 9.17) is 9.47 Å². The molecule has 1 heterocycles. The fraction of sp³-hybridized carbons (Fsp3) is 0.562. The normalized spacial score (nSPS) is 21.3. The largest absolute Gasteiger partial charge is 0.493 e. The molecule has 0 aliphatic carbocycles. The van der Waals surface area contributed by atoms with Crippen LogP contribution in [0.5, 0.6) is 11.5 Å². The maximum Gasteiger partial charge on any atom is 0.251 e. The van der Waals surface area contributed by atoms with E-state index in [1.807, 2.05) is 6.92 Å². The molecule has 2 atom stereocenters. The van der Waals surface area contributed by atoms with Gasteiger partial charge in [0.2, 0.25) is 0 Å². The van der Waals surface area contributed by atoms with E-state index in [1.54, 1.807) is 19.2 Å². The van der Waals surface area contributed by atoms with Gasteiger partial charge in [0, 0.05) is 18.2 Å². The summed E-state index contributed by atoms with van der Waals surface area (Å²) in [5.74, 6) is 1.55. The van der Waals surface area contributed by atoms with E-state index in [0.717, 1.165) is 19.5 Å². The molecule has 122 valence electrons. The summed E-state index contributed by atoms with van der Waals surface area (Å²) in [7, 11) is 1.57. The third-order valence-electron chi connectivity index (χ3n) is 3.92. The lowest BCUT2D eigenvalue weighted by Crippen LogP contribution is -2.50. The highest BCUT2D eigenvalue weighted by molar-refractivity contribution is 9.10. The molecule has 22 heavy (non-hydrogen) atoms. The van der Waals surface area contributed by atoms with Crippen molar-refractivity contribution in [2.75, 3.05) is 26.8 Å². The zero-order chi connectivity index (χ0) is 16.1. The number of piperidine rings is 1. The molecule has 1 aliphatic heterocycles. The number of carbonyl (C=O) groups is 1. The fourth-order valence-corrected chi connectivity index (χ4v) is 3.13. The second-order valence-electron chi connectivity index (χ2n) is 5.47. The summed E-state index contributed by atoms with van der Waals surface area (Å²) < 4.78 is 11.6. The molecule has 0 spiro atoms. The van der Waals surface area contributed by atoms with Crippen LogP contribution in [0.1, 0.15) is 30.6 Å². The van der Waals surface area contributed by atoms with Crippen LogP contribution < -0.4 is 20.1 Å². The standard InChI is InChI=1S/C16H23BrN2O3/c1-4-22-15-12(17)7-11(8-14(15)21-3)16(20)19-13-9-18-6-5-10(13)2/h7-8,10,13,18H,4-6,9H2,1-3H3,(H,19,20). The molecule has 1 amide bonds. The average Bonchev–Trinajstić information content (AvgIpc) is 2.51. The van der Waals surface area contributed by atoms with Crippen molar-refractivity contribution in [2.24, 2.45) is 5.92 Å². The Morgan fingerprint density at radius 3 is 2.91 bits per heavy atom. The zero-order valence-corrected chi connectivity index (χ0v) is 14.8. The Labute approximate surface area is 139 Å². The summed E-state index contributed by atoms with van der Waals surface area (Å²) in [6.45, 7) is 6.43. The van der Waals surface area contributed by atoms with Gasteiger partial charge >= 0.3 is 0 Å². The van der Waals surface area contributed by atoms with Crippen LogP contribution in [0.3, 0.4) is 0 Å². The van der Waals surface area contributed by atoms with E-state index in [2.05, 4.69) is 33.5 Å². The van der Waals surface area contributed by atoms with Gasteiger partial charge in [0.05, 0.1) is 18.2 Å². The first-order chi connectivity index (χ1) is 10.6. The van der Waals surface area contributed by atoms with Crippen molar-refractivity contribution in [3.05, 3.63) is 22.2 Å². The van der Waals surface area contributed by atoms with Gasteiger partial charge in [-0.2, -0.15) is 0 Å². The second kappa shape index (κ2) is 7.83. The van der Waals surface area contributed by atoms with Gasteiger partial charge in [-0.3, -0.25) is 4.79 Å². The minimum Gasteiger partial charge on any atom is -0.493 e. The number of halogens is 1. The molecule has 0 radical (unpaired) electrons. The summed E-state index contributed by atoms with van der Waals surface area (Å²) in [6.07, 6.45) is 1.07. The predicted molar refractivity (Wildman–Crippen MR) is 89.8 cm³/mol. The summed E-state index contributed by atoms with van der Waals surface area (Å²) in [4.78, 5) is 12.5. The highest BCUT2D eigenvalue weighted by Crippen LogP contribution is 2.36. The van der Waals surface area contributed by atoms with Crippen LogP contribution in [0.15, 0.2) is 16.6 Å². The molecular weight excluding hydrogens is 348 g/mol. The summed E-state index contributed by atoms with van der Waals surface area (Å²) >= 11 is 3.45. The van der Waals surface area contributed by atoms with Gasteiger partial charge in [0.15, 0.2) is 11.5 Å². The minimum absolute atomic E-state index is 0.0948. The van der Waals surface area contributed by atoms with Gasteiger partial charge in [-0.25, -0.2) is 0 Å². The van der Waals surface area contributed by atoms with Crippen LogP contribution in [0, 0.1) is 5.92 Å². The quantitative estimate of drug-likeness (QED) is 0.836. The molecule has 1 fully saturated rings. The first-order valence-corrected chi connectivity index (χ1v) is 8.38. The van der Waals surface area contributed by atoms with Crippen molar-refractivity contribution in [1.82, 2.24) is 10.6 Å². The zero-order valence-electron chi connectivity index (χ0n) is 13.2. The van der Waals surface area contributed by atoms with Gasteiger partial charge in [-0.1, -0.05) is 6.92 Å². The van der Waals surface area contributed by atoms with E-state index < -0.39 is 0 Å². The maximum absolute atomic E-state index is 12.5. The summed E-state index contributed by atoms with van der Waals surface area (Å²) in [5.41, 5.74) is 0.560. The van der Waals surface area contributed by atoms with E-state index in [0.29, 0.717) is 34.1 Å². The first-order valence-electron chi connectivity index (χ1n) is 7.58. The monoisotopic (exact) mass is 370 g/mol. The van der Waals surface area contributed by atoms with Crippen molar-refractivity contribution < 1.29 is 14.3 Å². The number of rotatable bonds is 5. The molecule has 1 aliphatic rings. The molecule has 0 bridgehead atoms. The number of ether oxygens (including phenoxy) is 2. The van der Waals surface area contributed by atoms with Gasteiger partial charge in [0.25, 0.3) is 5.91 Å². The molecule has 0 aromatic heterocycles. The number of amides is 1. The molecule has 1 saturated heterocycles. The number of benzene rings is 1. The molecule has 2 N–H and O–H groups in total. The Hall–Kier alpha value is -1.27. The minimum atomic E-state index is -0.0948. The highest BCUT2D eigenvalue weighted by Gasteiger charge is 2.24. The third-order valence-corrected chi connectivity index (χ3v) is 4.51. The Balaban J connectivity index is 2.17. The molecular formula is C16H23BrN2O3. The van der Waals surface area contributed by atoms with Crippen LogP contribution in [-0.2, 0) is 0 Å². The maximum atomic E-state index is 12.5. The lowest BCUT2D eigenvalue weighted by molar-refractivity contribution is 0.0914. The van der Waals surface area contributed by atoms with Crippen molar-refractivity contribution in [2.45, 2.75) is 26.3 Å². The van der Waals surface area contributed by atoms with Crippen molar-refractivity contribution in [1.29, 1.82) is 0 Å². The number of hydrogen-bond donors (Lipinski definition) is 2. The Kier molecular flexibility index (Phi) is 6.08. The summed E-state index contributed by atoms with van der Waals surface area (Å²) in [5, 5.41) is 6.41. The Bertz CT molecular complexity index is 536. The lowest BCUT2D eigenvalue weighted by atomic mass is 9.94. The molecule has 2 unspecified atom stereocenters. The van der Waals surface area contributed by atoms with Crippen LogP contribution in [0.25, 0.3) is 0 Å². The topological polar surface area (TPSA) is 59.6 Å². The molecule has 2 rings (SSSR count). The lowest BCUT2D eigenvalue weighted by Gasteiger charge is -2.30. The van der Waals surface area contributed by atoms with Gasteiger partial charge in [-0.15, -0.1) is 0 Å². The van der Waals surface area contributed by atoms with Crippen LogP contribution in [0.2, 0.25) is 0 Å². The van der Waals surface area contributed by atoms with E-state index in [9.17, 15) is 4.79 Å². The Morgan fingerprint density at radius 2 is 2.27 bits per heavy atom. The third kappa shape index (κ3) is 3.93. The van der Waals surface area contributed by atoms with E-state index in [-0.39, 0.29) is 11.9 Å². The van der Waals surface area contributed by atoms with Crippen molar-refractivity contribution in [3.8, 4) is 11.5 Å². The van der Waals surface area contributed by atoms with Crippen LogP contribution in [-0.4, -0.2) is 38.8 Å². The smallest absolute Gasteiger partial charge is 0.251 e.